The maximum absolute atomic E-state index is 6.16. The highest BCUT2D eigenvalue weighted by Crippen LogP contribution is 2.38. The summed E-state index contributed by atoms with van der Waals surface area (Å²) in [7, 11) is 0. The van der Waals surface area contributed by atoms with Gasteiger partial charge in [-0.2, -0.15) is 0 Å². The Hall–Kier alpha value is -0.380. The zero-order chi connectivity index (χ0) is 11.1. The van der Waals surface area contributed by atoms with Crippen LogP contribution in [-0.4, -0.2) is 24.0 Å². The second-order valence-electron chi connectivity index (χ2n) is 5.39. The number of likely N-dealkylation sites (tertiary alicyclic amines) is 1. The molecule has 2 nitrogen and oxygen atoms in total. The largest absolute Gasteiger partial charge is 0.327 e. The number of rotatable bonds is 2. The van der Waals surface area contributed by atoms with Crippen LogP contribution in [0, 0.1) is 18.8 Å². The minimum Gasteiger partial charge on any atom is -0.327 e. The molecule has 0 bridgehead atoms. The van der Waals surface area contributed by atoms with Crippen LogP contribution >= 0.6 is 11.3 Å². The van der Waals surface area contributed by atoms with Gasteiger partial charge in [0.25, 0.3) is 0 Å². The lowest BCUT2D eigenvalue weighted by Gasteiger charge is -2.17. The van der Waals surface area contributed by atoms with Crippen molar-refractivity contribution in [2.24, 2.45) is 17.6 Å². The van der Waals surface area contributed by atoms with E-state index in [1.165, 1.54) is 36.4 Å². The van der Waals surface area contributed by atoms with Crippen molar-refractivity contribution in [1.29, 1.82) is 0 Å². The molecule has 0 spiro atoms. The fraction of sp³-hybridized carbons (Fsp3) is 0.692. The van der Waals surface area contributed by atoms with Gasteiger partial charge in [-0.15, -0.1) is 11.3 Å². The van der Waals surface area contributed by atoms with Gasteiger partial charge in [-0.1, -0.05) is 0 Å². The van der Waals surface area contributed by atoms with Crippen LogP contribution in [0.15, 0.2) is 11.4 Å². The Morgan fingerprint density at radius 1 is 1.44 bits per heavy atom. The van der Waals surface area contributed by atoms with E-state index in [0.717, 1.165) is 18.4 Å². The van der Waals surface area contributed by atoms with Crippen LogP contribution in [0.3, 0.4) is 0 Å². The van der Waals surface area contributed by atoms with Crippen LogP contribution in [0.5, 0.6) is 0 Å². The van der Waals surface area contributed by atoms with E-state index in [4.69, 9.17) is 5.73 Å². The molecule has 0 radical (unpaired) electrons. The Balaban J connectivity index is 1.65. The van der Waals surface area contributed by atoms with Crippen molar-refractivity contribution in [1.82, 2.24) is 4.90 Å². The third-order valence-corrected chi connectivity index (χ3v) is 5.33. The Labute approximate surface area is 101 Å². The molecule has 3 rings (SSSR count). The summed E-state index contributed by atoms with van der Waals surface area (Å²) in [6.45, 7) is 5.86. The molecule has 88 valence electrons. The molecule has 2 N–H and O–H groups in total. The zero-order valence-corrected chi connectivity index (χ0v) is 10.7. The molecular formula is C13H20N2S. The molecule has 1 aromatic heterocycles. The van der Waals surface area contributed by atoms with Gasteiger partial charge in [-0.3, -0.25) is 4.90 Å². The summed E-state index contributed by atoms with van der Waals surface area (Å²) in [5, 5.41) is 2.20. The first-order chi connectivity index (χ1) is 7.74. The van der Waals surface area contributed by atoms with Crippen molar-refractivity contribution in [3.8, 4) is 0 Å². The molecule has 1 aromatic rings. The highest BCUT2D eigenvalue weighted by atomic mass is 32.1. The van der Waals surface area contributed by atoms with Gasteiger partial charge in [0, 0.05) is 30.6 Å². The molecule has 3 unspecified atom stereocenters. The van der Waals surface area contributed by atoms with Crippen molar-refractivity contribution in [2.75, 3.05) is 13.1 Å². The van der Waals surface area contributed by atoms with Gasteiger partial charge in [0.15, 0.2) is 0 Å². The summed E-state index contributed by atoms with van der Waals surface area (Å²) in [5.74, 6) is 1.66. The molecule has 1 saturated carbocycles. The number of fused-ring (bicyclic) bond motifs is 1. The van der Waals surface area contributed by atoms with Gasteiger partial charge in [-0.05, 0) is 48.6 Å². The number of hydrogen-bond acceptors (Lipinski definition) is 3. The number of nitrogens with zero attached hydrogens (tertiary/aromatic N) is 1. The third kappa shape index (κ3) is 1.81. The van der Waals surface area contributed by atoms with Crippen LogP contribution in [0.4, 0.5) is 0 Å². The predicted octanol–water partition coefficient (Wildman–Crippen LogP) is 2.23. The van der Waals surface area contributed by atoms with E-state index in [2.05, 4.69) is 23.3 Å². The number of hydrogen-bond donors (Lipinski definition) is 1. The molecule has 16 heavy (non-hydrogen) atoms. The van der Waals surface area contributed by atoms with E-state index in [1.807, 2.05) is 11.3 Å². The van der Waals surface area contributed by atoms with Crippen molar-refractivity contribution in [3.63, 3.8) is 0 Å². The first kappa shape index (κ1) is 10.8. The summed E-state index contributed by atoms with van der Waals surface area (Å²) in [6, 6.07) is 2.70. The van der Waals surface area contributed by atoms with Gasteiger partial charge >= 0.3 is 0 Å². The van der Waals surface area contributed by atoms with Gasteiger partial charge < -0.3 is 5.73 Å². The van der Waals surface area contributed by atoms with Gasteiger partial charge in [0.1, 0.15) is 0 Å². The van der Waals surface area contributed by atoms with Gasteiger partial charge in [0.2, 0.25) is 0 Å². The van der Waals surface area contributed by atoms with Crippen LogP contribution in [0.2, 0.25) is 0 Å². The van der Waals surface area contributed by atoms with E-state index < -0.39 is 0 Å². The van der Waals surface area contributed by atoms with Crippen molar-refractivity contribution in [3.05, 3.63) is 21.9 Å². The second kappa shape index (κ2) is 4.13. The SMILES string of the molecule is Cc1ccsc1CN1CC2CCC(N)C2C1. The standard InChI is InChI=1S/C13H20N2S/c1-9-4-5-16-13(9)8-15-6-10-2-3-12(14)11(10)7-15/h4-5,10-12H,2-3,6-8,14H2,1H3. The maximum atomic E-state index is 6.16. The predicted molar refractivity (Wildman–Crippen MR) is 68.5 cm³/mol. The normalized spacial score (nSPS) is 34.5. The van der Waals surface area contributed by atoms with Gasteiger partial charge in [0.05, 0.1) is 0 Å². The average Bonchev–Trinajstić information content (AvgIpc) is 2.90. The molecule has 2 aliphatic rings. The van der Waals surface area contributed by atoms with Crippen LogP contribution in [-0.2, 0) is 6.54 Å². The summed E-state index contributed by atoms with van der Waals surface area (Å²) in [6.07, 6.45) is 2.60. The fourth-order valence-corrected chi connectivity index (χ4v) is 4.25. The Morgan fingerprint density at radius 2 is 2.31 bits per heavy atom. The summed E-state index contributed by atoms with van der Waals surface area (Å²) in [5.41, 5.74) is 7.61. The molecule has 0 aromatic carbocycles. The number of thiophene rings is 1. The number of nitrogens with two attached hydrogens (primary N) is 1. The first-order valence-corrected chi connectivity index (χ1v) is 7.13. The van der Waals surface area contributed by atoms with E-state index in [-0.39, 0.29) is 0 Å². The summed E-state index contributed by atoms with van der Waals surface area (Å²) >= 11 is 1.89. The van der Waals surface area contributed by atoms with Crippen molar-refractivity contribution >= 4 is 11.3 Å². The lowest BCUT2D eigenvalue weighted by molar-refractivity contribution is 0.300. The molecule has 2 heterocycles. The molecule has 3 heteroatoms. The highest BCUT2D eigenvalue weighted by Gasteiger charge is 2.40. The Bertz CT molecular complexity index is 374. The van der Waals surface area contributed by atoms with Crippen molar-refractivity contribution in [2.45, 2.75) is 32.4 Å². The minimum absolute atomic E-state index is 0.472. The Morgan fingerprint density at radius 3 is 3.00 bits per heavy atom. The molecule has 1 aliphatic carbocycles. The molecular weight excluding hydrogens is 216 g/mol. The molecule has 1 aliphatic heterocycles. The Kier molecular flexibility index (Phi) is 2.78. The smallest absolute Gasteiger partial charge is 0.0330 e. The fourth-order valence-electron chi connectivity index (χ4n) is 3.30. The van der Waals surface area contributed by atoms with Crippen molar-refractivity contribution < 1.29 is 0 Å². The zero-order valence-electron chi connectivity index (χ0n) is 9.86. The summed E-state index contributed by atoms with van der Waals surface area (Å²) in [4.78, 5) is 4.14. The molecule has 1 saturated heterocycles. The van der Waals surface area contributed by atoms with E-state index in [1.54, 1.807) is 0 Å². The van der Waals surface area contributed by atoms with E-state index in [9.17, 15) is 0 Å². The monoisotopic (exact) mass is 236 g/mol. The highest BCUT2D eigenvalue weighted by molar-refractivity contribution is 7.10. The van der Waals surface area contributed by atoms with E-state index >= 15 is 0 Å². The summed E-state index contributed by atoms with van der Waals surface area (Å²) < 4.78 is 0. The van der Waals surface area contributed by atoms with Crippen LogP contribution in [0.25, 0.3) is 0 Å². The van der Waals surface area contributed by atoms with Crippen LogP contribution < -0.4 is 5.73 Å². The average molecular weight is 236 g/mol. The van der Waals surface area contributed by atoms with Crippen LogP contribution in [0.1, 0.15) is 23.3 Å². The number of aryl methyl sites for hydroxylation is 1. The van der Waals surface area contributed by atoms with E-state index in [0.29, 0.717) is 6.04 Å². The lowest BCUT2D eigenvalue weighted by Crippen LogP contribution is -2.30. The molecule has 2 fully saturated rings. The molecule has 0 amide bonds. The first-order valence-electron chi connectivity index (χ1n) is 6.25. The quantitative estimate of drug-likeness (QED) is 0.853. The topological polar surface area (TPSA) is 29.3 Å². The minimum atomic E-state index is 0.472. The maximum Gasteiger partial charge on any atom is 0.0330 e. The third-order valence-electron chi connectivity index (χ3n) is 4.32. The lowest BCUT2D eigenvalue weighted by atomic mass is 9.98. The second-order valence-corrected chi connectivity index (χ2v) is 6.39. The van der Waals surface area contributed by atoms with Gasteiger partial charge in [-0.25, -0.2) is 0 Å². The molecule has 3 atom stereocenters.